The molecule has 0 radical (unpaired) electrons. The number of benzene rings is 3. The first-order chi connectivity index (χ1) is 20.0. The number of hydrogen-bond donors (Lipinski definition) is 2. The van der Waals surface area contributed by atoms with Crippen molar-refractivity contribution in [2.75, 3.05) is 13.1 Å². The van der Waals surface area contributed by atoms with Crippen LogP contribution in [0, 0.1) is 12.7 Å². The molecule has 41 heavy (non-hydrogen) atoms. The molecule has 4 aromatic rings. The molecule has 7 heteroatoms. The number of halogens is 1. The average Bonchev–Trinajstić information content (AvgIpc) is 3.47. The van der Waals surface area contributed by atoms with Gasteiger partial charge in [0, 0.05) is 49.9 Å². The van der Waals surface area contributed by atoms with Crippen LogP contribution in [0.3, 0.4) is 0 Å². The Morgan fingerprint density at radius 3 is 2.54 bits per heavy atom. The minimum absolute atomic E-state index is 0.0496. The monoisotopic (exact) mass is 553 g/mol. The van der Waals surface area contributed by atoms with E-state index >= 15 is 0 Å². The van der Waals surface area contributed by atoms with Gasteiger partial charge in [0.05, 0.1) is 6.20 Å². The lowest BCUT2D eigenvalue weighted by atomic mass is 9.97. The molecule has 1 heterocycles. The molecule has 2 N–H and O–H groups in total. The summed E-state index contributed by atoms with van der Waals surface area (Å²) in [7, 11) is 0. The van der Waals surface area contributed by atoms with E-state index in [0.717, 1.165) is 36.1 Å². The van der Waals surface area contributed by atoms with Crippen molar-refractivity contribution in [1.82, 2.24) is 15.6 Å². The van der Waals surface area contributed by atoms with Crippen LogP contribution < -0.4 is 20.1 Å². The second-order valence-corrected chi connectivity index (χ2v) is 10.4. The maximum Gasteiger partial charge on any atom is 0.216 e. The predicted molar refractivity (Wildman–Crippen MR) is 158 cm³/mol. The van der Waals surface area contributed by atoms with Gasteiger partial charge in [-0.3, -0.25) is 9.78 Å². The van der Waals surface area contributed by atoms with Gasteiger partial charge >= 0.3 is 0 Å². The summed E-state index contributed by atoms with van der Waals surface area (Å²) in [5.41, 5.74) is 8.93. The smallest absolute Gasteiger partial charge is 0.216 e. The normalized spacial score (nSPS) is 12.2. The quantitative estimate of drug-likeness (QED) is 0.209. The molecule has 0 atom stereocenters. The lowest BCUT2D eigenvalue weighted by molar-refractivity contribution is -0.118. The number of nitrogens with one attached hydrogen (secondary N) is 2. The van der Waals surface area contributed by atoms with Crippen LogP contribution >= 0.6 is 0 Å². The van der Waals surface area contributed by atoms with Crippen LogP contribution in [0.25, 0.3) is 11.1 Å². The van der Waals surface area contributed by atoms with Crippen LogP contribution in [0.4, 0.5) is 4.39 Å². The molecule has 0 spiro atoms. The van der Waals surface area contributed by atoms with Crippen LogP contribution in [0.2, 0.25) is 0 Å². The van der Waals surface area contributed by atoms with Crippen molar-refractivity contribution in [1.29, 1.82) is 0 Å². The van der Waals surface area contributed by atoms with Crippen molar-refractivity contribution in [3.8, 4) is 22.6 Å². The van der Waals surface area contributed by atoms with Gasteiger partial charge in [0.15, 0.2) is 0 Å². The molecule has 0 aliphatic heterocycles. The molecule has 3 aromatic carbocycles. The number of ether oxygens (including phenoxy) is 2. The van der Waals surface area contributed by atoms with E-state index in [2.05, 4.69) is 65.0 Å². The predicted octanol–water partition coefficient (Wildman–Crippen LogP) is 6.07. The van der Waals surface area contributed by atoms with E-state index < -0.39 is 5.82 Å². The van der Waals surface area contributed by atoms with Crippen LogP contribution in [-0.4, -0.2) is 24.0 Å². The standard InChI is InChI=1S/C34H36FN3O3/c1-23-27(10-6-11-29(23)26-8-4-3-5-9-26)22-41-33-17-34(40-21-25-16-28(35)19-37-18-25)32(30-12-7-13-31(30)33)20-36-14-15-38-24(2)39/h3-6,8-11,16-19,36H,7,12-15,20-22H2,1-2H3,(H,38,39). The SMILES string of the molecule is CC(=O)NCCNCc1c(OCc2cncc(F)c2)cc(OCc2cccc(-c3ccccc3)c2C)c2c1CCC2. The Bertz CT molecular complexity index is 1510. The largest absolute Gasteiger partial charge is 0.488 e. The molecule has 0 saturated carbocycles. The van der Waals surface area contributed by atoms with E-state index in [-0.39, 0.29) is 12.5 Å². The third-order valence-electron chi connectivity index (χ3n) is 7.49. The van der Waals surface area contributed by atoms with E-state index in [0.29, 0.717) is 37.6 Å². The fourth-order valence-electron chi connectivity index (χ4n) is 5.40. The molecule has 1 aromatic heterocycles. The molecule has 0 fully saturated rings. The summed E-state index contributed by atoms with van der Waals surface area (Å²) >= 11 is 0. The van der Waals surface area contributed by atoms with Gasteiger partial charge in [-0.2, -0.15) is 0 Å². The fraction of sp³-hybridized carbons (Fsp3) is 0.294. The zero-order valence-electron chi connectivity index (χ0n) is 23.6. The summed E-state index contributed by atoms with van der Waals surface area (Å²) in [5.74, 6) is 1.10. The summed E-state index contributed by atoms with van der Waals surface area (Å²) < 4.78 is 26.6. The van der Waals surface area contributed by atoms with Crippen molar-refractivity contribution in [3.63, 3.8) is 0 Å². The lowest BCUT2D eigenvalue weighted by Crippen LogP contribution is -2.30. The number of hydrogen-bond acceptors (Lipinski definition) is 5. The van der Waals surface area contributed by atoms with Gasteiger partial charge in [-0.1, -0.05) is 48.5 Å². The van der Waals surface area contributed by atoms with Crippen molar-refractivity contribution in [2.45, 2.75) is 52.9 Å². The summed E-state index contributed by atoms with van der Waals surface area (Å²) in [6.45, 7) is 6.07. The Balaban J connectivity index is 1.40. The third-order valence-corrected chi connectivity index (χ3v) is 7.49. The third kappa shape index (κ3) is 7.11. The molecule has 0 unspecified atom stereocenters. The fourth-order valence-corrected chi connectivity index (χ4v) is 5.40. The first-order valence-corrected chi connectivity index (χ1v) is 14.1. The Labute approximate surface area is 240 Å². The van der Waals surface area contributed by atoms with E-state index in [1.54, 1.807) is 6.20 Å². The Hall–Kier alpha value is -4.23. The first-order valence-electron chi connectivity index (χ1n) is 14.1. The molecule has 6 nitrogen and oxygen atoms in total. The number of pyridine rings is 1. The molecule has 1 aliphatic rings. The minimum atomic E-state index is -0.392. The lowest BCUT2D eigenvalue weighted by Gasteiger charge is -2.20. The van der Waals surface area contributed by atoms with Crippen molar-refractivity contribution in [3.05, 3.63) is 112 Å². The van der Waals surface area contributed by atoms with E-state index in [4.69, 9.17) is 9.47 Å². The number of carbonyl (C=O) groups excluding carboxylic acids is 1. The van der Waals surface area contributed by atoms with Gasteiger partial charge in [-0.15, -0.1) is 0 Å². The number of nitrogens with zero attached hydrogens (tertiary/aromatic N) is 1. The van der Waals surface area contributed by atoms with Crippen LogP contribution in [0.1, 0.15) is 46.7 Å². The van der Waals surface area contributed by atoms with E-state index in [9.17, 15) is 9.18 Å². The minimum Gasteiger partial charge on any atom is -0.488 e. The molecule has 5 rings (SSSR count). The summed E-state index contributed by atoms with van der Waals surface area (Å²) in [6.07, 6.45) is 5.73. The second-order valence-electron chi connectivity index (χ2n) is 10.4. The molecule has 1 amide bonds. The number of carbonyl (C=O) groups is 1. The van der Waals surface area contributed by atoms with Crippen LogP contribution in [0.15, 0.2) is 73.1 Å². The molecular formula is C34H36FN3O3. The Morgan fingerprint density at radius 2 is 1.73 bits per heavy atom. The zero-order valence-corrected chi connectivity index (χ0v) is 23.6. The van der Waals surface area contributed by atoms with Gasteiger partial charge in [-0.25, -0.2) is 4.39 Å². The van der Waals surface area contributed by atoms with Crippen LogP contribution in [0.5, 0.6) is 11.5 Å². The van der Waals surface area contributed by atoms with Gasteiger partial charge in [0.2, 0.25) is 5.91 Å². The highest BCUT2D eigenvalue weighted by molar-refractivity contribution is 5.72. The van der Waals surface area contributed by atoms with Gasteiger partial charge in [0.25, 0.3) is 0 Å². The summed E-state index contributed by atoms with van der Waals surface area (Å²) in [5, 5.41) is 6.25. The summed E-state index contributed by atoms with van der Waals surface area (Å²) in [6, 6.07) is 20.1. The maximum atomic E-state index is 13.8. The summed E-state index contributed by atoms with van der Waals surface area (Å²) in [4.78, 5) is 15.2. The van der Waals surface area contributed by atoms with E-state index in [1.807, 2.05) is 12.1 Å². The second kappa shape index (κ2) is 13.4. The molecule has 1 aliphatic carbocycles. The van der Waals surface area contributed by atoms with Crippen molar-refractivity contribution in [2.24, 2.45) is 0 Å². The van der Waals surface area contributed by atoms with Crippen molar-refractivity contribution >= 4 is 5.91 Å². The molecule has 212 valence electrons. The molecule has 0 saturated heterocycles. The number of fused-ring (bicyclic) bond motifs is 1. The van der Waals surface area contributed by atoms with Crippen LogP contribution in [-0.2, 0) is 37.4 Å². The van der Waals surface area contributed by atoms with Gasteiger partial charge in [0.1, 0.15) is 30.5 Å². The maximum absolute atomic E-state index is 13.8. The highest BCUT2D eigenvalue weighted by atomic mass is 19.1. The van der Waals surface area contributed by atoms with Gasteiger partial charge in [-0.05, 0) is 65.6 Å². The van der Waals surface area contributed by atoms with Crippen molar-refractivity contribution < 1.29 is 18.7 Å². The van der Waals surface area contributed by atoms with Gasteiger partial charge < -0.3 is 20.1 Å². The average molecular weight is 554 g/mol. The zero-order chi connectivity index (χ0) is 28.6. The highest BCUT2D eigenvalue weighted by Crippen LogP contribution is 2.40. The number of rotatable bonds is 12. The first kappa shape index (κ1) is 28.3. The molecular weight excluding hydrogens is 517 g/mol. The number of amides is 1. The Morgan fingerprint density at radius 1 is 0.927 bits per heavy atom. The number of aromatic nitrogens is 1. The van der Waals surface area contributed by atoms with E-state index in [1.165, 1.54) is 47.0 Å². The molecule has 0 bridgehead atoms. The Kier molecular flexibility index (Phi) is 9.26. The highest BCUT2D eigenvalue weighted by Gasteiger charge is 2.24. The topological polar surface area (TPSA) is 72.5 Å².